The first-order chi connectivity index (χ1) is 11.7. The van der Waals surface area contributed by atoms with Gasteiger partial charge in [-0.1, -0.05) is 31.9 Å². The van der Waals surface area contributed by atoms with Gasteiger partial charge in [-0.3, -0.25) is 0 Å². The molecule has 128 valence electrons. The number of methoxy groups -OCH3 is 1. The maximum Gasteiger partial charge on any atom is 0.205 e. The summed E-state index contributed by atoms with van der Waals surface area (Å²) in [7, 11) is 1.80. The molecular weight excluding hydrogens is 296 g/mol. The third-order valence-electron chi connectivity index (χ3n) is 5.91. The molecule has 3 rings (SSSR count). The van der Waals surface area contributed by atoms with E-state index in [0.29, 0.717) is 6.10 Å². The van der Waals surface area contributed by atoms with Crippen LogP contribution in [0.3, 0.4) is 0 Å². The molecule has 1 aromatic rings. The number of hydrogen-bond acceptors (Lipinski definition) is 3. The minimum atomic E-state index is 0.0646. The minimum absolute atomic E-state index is 0.0646. The number of ether oxygens (including phenoxy) is 1. The maximum atomic E-state index is 9.24. The molecule has 0 aromatic heterocycles. The van der Waals surface area contributed by atoms with Crippen molar-refractivity contribution in [3.63, 3.8) is 0 Å². The summed E-state index contributed by atoms with van der Waals surface area (Å²) in [5.74, 6) is 0. The van der Waals surface area contributed by atoms with Gasteiger partial charge < -0.3 is 4.74 Å². The van der Waals surface area contributed by atoms with Crippen molar-refractivity contribution in [2.24, 2.45) is 10.4 Å². The van der Waals surface area contributed by atoms with Crippen molar-refractivity contribution in [3.05, 3.63) is 34.9 Å². The second-order valence-electron chi connectivity index (χ2n) is 7.40. The molecule has 1 spiro atoms. The van der Waals surface area contributed by atoms with Gasteiger partial charge in [-0.05, 0) is 62.1 Å². The summed E-state index contributed by atoms with van der Waals surface area (Å²) in [6, 6.07) is 6.86. The van der Waals surface area contributed by atoms with Gasteiger partial charge in [0.15, 0.2) is 0 Å². The van der Waals surface area contributed by atoms with E-state index in [0.717, 1.165) is 44.2 Å². The van der Waals surface area contributed by atoms with Gasteiger partial charge in [0, 0.05) is 18.1 Å². The molecule has 0 amide bonds. The van der Waals surface area contributed by atoms with Gasteiger partial charge in [0.05, 0.1) is 11.8 Å². The first-order valence-electron chi connectivity index (χ1n) is 9.34. The minimum Gasteiger partial charge on any atom is -0.381 e. The highest BCUT2D eigenvalue weighted by Crippen LogP contribution is 2.48. The molecule has 24 heavy (non-hydrogen) atoms. The first kappa shape index (κ1) is 17.2. The van der Waals surface area contributed by atoms with Gasteiger partial charge in [-0.25, -0.2) is 0 Å². The Labute approximate surface area is 145 Å². The Bertz CT molecular complexity index is 648. The highest BCUT2D eigenvalue weighted by atomic mass is 16.5. The number of hydrogen-bond donors (Lipinski definition) is 0. The number of aliphatic imine (C=N–C) groups is 1. The fourth-order valence-corrected chi connectivity index (χ4v) is 4.49. The average molecular weight is 324 g/mol. The molecule has 0 heterocycles. The zero-order valence-electron chi connectivity index (χ0n) is 15.0. The van der Waals surface area contributed by atoms with Crippen molar-refractivity contribution >= 4 is 5.71 Å². The van der Waals surface area contributed by atoms with Gasteiger partial charge in [-0.15, -0.1) is 0 Å². The van der Waals surface area contributed by atoms with Crippen LogP contribution in [0.1, 0.15) is 68.6 Å². The molecule has 1 saturated carbocycles. The number of nitrogens with zero attached hydrogens (tertiary/aromatic N) is 2. The van der Waals surface area contributed by atoms with E-state index in [9.17, 15) is 5.26 Å². The summed E-state index contributed by atoms with van der Waals surface area (Å²) in [6.07, 6.45) is 12.6. The summed E-state index contributed by atoms with van der Waals surface area (Å²) < 4.78 is 5.54. The number of fused-ring (bicyclic) bond motifs is 1. The quantitative estimate of drug-likeness (QED) is 0.575. The molecule has 0 aliphatic heterocycles. The SMILES string of the molecule is CCCCCc1ccc2c(c1)C(=NC#N)C1(CCC(OC)CC1)C2. The molecule has 3 heteroatoms. The van der Waals surface area contributed by atoms with E-state index >= 15 is 0 Å². The van der Waals surface area contributed by atoms with E-state index < -0.39 is 0 Å². The van der Waals surface area contributed by atoms with Gasteiger partial charge in [0.1, 0.15) is 0 Å². The number of nitriles is 1. The van der Waals surface area contributed by atoms with E-state index in [-0.39, 0.29) is 5.41 Å². The lowest BCUT2D eigenvalue weighted by atomic mass is 9.70. The molecule has 1 fully saturated rings. The molecule has 0 radical (unpaired) electrons. The number of aryl methyl sites for hydroxylation is 1. The van der Waals surface area contributed by atoms with Crippen LogP contribution >= 0.6 is 0 Å². The van der Waals surface area contributed by atoms with Crippen molar-refractivity contribution in [2.75, 3.05) is 7.11 Å². The summed E-state index contributed by atoms with van der Waals surface area (Å²) in [6.45, 7) is 2.24. The highest BCUT2D eigenvalue weighted by molar-refractivity contribution is 6.09. The molecule has 0 saturated heterocycles. The Kier molecular flexibility index (Phi) is 5.36. The Morgan fingerprint density at radius 2 is 2.08 bits per heavy atom. The summed E-state index contributed by atoms with van der Waals surface area (Å²) in [5.41, 5.74) is 5.11. The van der Waals surface area contributed by atoms with E-state index in [1.54, 1.807) is 7.11 Å². The van der Waals surface area contributed by atoms with E-state index in [2.05, 4.69) is 36.3 Å². The van der Waals surface area contributed by atoms with Crippen molar-refractivity contribution in [1.82, 2.24) is 0 Å². The Balaban J connectivity index is 1.85. The third-order valence-corrected chi connectivity index (χ3v) is 5.91. The fraction of sp³-hybridized carbons (Fsp3) is 0.619. The monoisotopic (exact) mass is 324 g/mol. The molecule has 2 aliphatic carbocycles. The summed E-state index contributed by atoms with van der Waals surface area (Å²) in [4.78, 5) is 4.31. The van der Waals surface area contributed by atoms with Gasteiger partial charge in [0.2, 0.25) is 6.19 Å². The number of unbranched alkanes of at least 4 members (excludes halogenated alkanes) is 2. The lowest BCUT2D eigenvalue weighted by Gasteiger charge is -2.36. The van der Waals surface area contributed by atoms with Crippen LogP contribution in [0.5, 0.6) is 0 Å². The first-order valence-corrected chi connectivity index (χ1v) is 9.34. The van der Waals surface area contributed by atoms with E-state index in [1.807, 2.05) is 0 Å². The van der Waals surface area contributed by atoms with Crippen LogP contribution in [0.4, 0.5) is 0 Å². The lowest BCUT2D eigenvalue weighted by molar-refractivity contribution is 0.0468. The summed E-state index contributed by atoms with van der Waals surface area (Å²) in [5, 5.41) is 9.24. The zero-order valence-corrected chi connectivity index (χ0v) is 15.0. The second-order valence-corrected chi connectivity index (χ2v) is 7.40. The highest BCUT2D eigenvalue weighted by Gasteiger charge is 2.45. The van der Waals surface area contributed by atoms with Gasteiger partial charge in [0.25, 0.3) is 0 Å². The standard InChI is InChI=1S/C21H28N2O/c1-3-4-5-6-16-7-8-17-14-21(11-9-18(24-2)10-12-21)20(23-15-22)19(17)13-16/h7-8,13,18H,3-6,9-12,14H2,1-2H3. The topological polar surface area (TPSA) is 45.4 Å². The zero-order chi connectivity index (χ0) is 17.0. The Morgan fingerprint density at radius 3 is 2.75 bits per heavy atom. The molecule has 0 bridgehead atoms. The molecule has 0 unspecified atom stereocenters. The molecule has 1 aromatic carbocycles. The molecule has 0 N–H and O–H groups in total. The molecule has 2 aliphatic rings. The molecular formula is C21H28N2O. The van der Waals surface area contributed by atoms with Crippen molar-refractivity contribution in [1.29, 1.82) is 5.26 Å². The van der Waals surface area contributed by atoms with Crippen LogP contribution < -0.4 is 0 Å². The average Bonchev–Trinajstić information content (AvgIpc) is 2.89. The molecule has 0 atom stereocenters. The van der Waals surface area contributed by atoms with Crippen molar-refractivity contribution in [3.8, 4) is 6.19 Å². The predicted molar refractivity (Wildman–Crippen MR) is 97.2 cm³/mol. The van der Waals surface area contributed by atoms with Crippen LogP contribution in [-0.4, -0.2) is 18.9 Å². The van der Waals surface area contributed by atoms with Crippen LogP contribution in [0.25, 0.3) is 0 Å². The Morgan fingerprint density at radius 1 is 1.29 bits per heavy atom. The lowest BCUT2D eigenvalue weighted by Crippen LogP contribution is -2.35. The van der Waals surface area contributed by atoms with Crippen molar-refractivity contribution < 1.29 is 4.74 Å². The third kappa shape index (κ3) is 3.26. The van der Waals surface area contributed by atoms with Crippen LogP contribution in [0.15, 0.2) is 23.2 Å². The molecule has 3 nitrogen and oxygen atoms in total. The largest absolute Gasteiger partial charge is 0.381 e. The second kappa shape index (κ2) is 7.49. The fourth-order valence-electron chi connectivity index (χ4n) is 4.49. The normalized spacial score (nSPS) is 27.4. The number of rotatable bonds is 5. The van der Waals surface area contributed by atoms with E-state index in [1.165, 1.54) is 36.0 Å². The van der Waals surface area contributed by atoms with Crippen molar-refractivity contribution in [2.45, 2.75) is 70.8 Å². The van der Waals surface area contributed by atoms with Crippen LogP contribution in [0.2, 0.25) is 0 Å². The van der Waals surface area contributed by atoms with Crippen LogP contribution in [-0.2, 0) is 17.6 Å². The maximum absolute atomic E-state index is 9.24. The van der Waals surface area contributed by atoms with E-state index in [4.69, 9.17) is 4.74 Å². The smallest absolute Gasteiger partial charge is 0.205 e. The predicted octanol–water partition coefficient (Wildman–Crippen LogP) is 4.82. The van der Waals surface area contributed by atoms with Gasteiger partial charge >= 0.3 is 0 Å². The Hall–Kier alpha value is -1.66. The van der Waals surface area contributed by atoms with Crippen LogP contribution in [0, 0.1) is 16.9 Å². The number of benzene rings is 1. The summed E-state index contributed by atoms with van der Waals surface area (Å²) >= 11 is 0. The van der Waals surface area contributed by atoms with Gasteiger partial charge in [-0.2, -0.15) is 10.3 Å².